The van der Waals surface area contributed by atoms with Crippen molar-refractivity contribution in [2.24, 2.45) is 5.73 Å². The van der Waals surface area contributed by atoms with Crippen LogP contribution in [0.5, 0.6) is 0 Å². The van der Waals surface area contributed by atoms with Gasteiger partial charge in [0.15, 0.2) is 0 Å². The zero-order valence-corrected chi connectivity index (χ0v) is 11.7. The molecule has 1 aromatic heterocycles. The minimum Gasteiger partial charge on any atom is -0.464 e. The zero-order chi connectivity index (χ0) is 13.9. The molecule has 0 radical (unpaired) electrons. The Bertz CT molecular complexity index is 697. The van der Waals surface area contributed by atoms with E-state index < -0.39 is 0 Å². The average Bonchev–Trinajstić information content (AvgIpc) is 2.92. The number of hydrogen-bond acceptors (Lipinski definition) is 2. The van der Waals surface area contributed by atoms with Gasteiger partial charge >= 0.3 is 0 Å². The number of fused-ring (bicyclic) bond motifs is 1. The number of furan rings is 1. The number of hydrogen-bond donors (Lipinski definition) is 1. The predicted octanol–water partition coefficient (Wildman–Crippen LogP) is 4.24. The molecule has 0 bridgehead atoms. The van der Waals surface area contributed by atoms with Gasteiger partial charge in [-0.1, -0.05) is 49.4 Å². The number of rotatable bonds is 4. The lowest BCUT2D eigenvalue weighted by Gasteiger charge is -2.10. The van der Waals surface area contributed by atoms with Crippen molar-refractivity contribution in [2.45, 2.75) is 25.8 Å². The largest absolute Gasteiger partial charge is 0.464 e. The number of para-hydroxylation sites is 1. The quantitative estimate of drug-likeness (QED) is 0.766. The van der Waals surface area contributed by atoms with E-state index in [1.807, 2.05) is 18.2 Å². The van der Waals surface area contributed by atoms with Crippen molar-refractivity contribution in [2.75, 3.05) is 0 Å². The molecule has 1 atom stereocenters. The van der Waals surface area contributed by atoms with Crippen LogP contribution in [-0.2, 0) is 12.8 Å². The summed E-state index contributed by atoms with van der Waals surface area (Å²) < 4.78 is 5.56. The second-order valence-electron chi connectivity index (χ2n) is 5.17. The van der Waals surface area contributed by atoms with Gasteiger partial charge in [0.1, 0.15) is 5.58 Å². The molecule has 2 nitrogen and oxygen atoms in total. The summed E-state index contributed by atoms with van der Waals surface area (Å²) >= 11 is 0. The highest BCUT2D eigenvalue weighted by Crippen LogP contribution is 2.27. The summed E-state index contributed by atoms with van der Waals surface area (Å²) in [5.74, 6) is 0. The lowest BCUT2D eigenvalue weighted by molar-refractivity contribution is 0.599. The van der Waals surface area contributed by atoms with E-state index in [0.717, 1.165) is 29.4 Å². The number of aryl methyl sites for hydroxylation is 1. The fraction of sp³-hybridized carbons (Fsp3) is 0.222. The molecule has 0 saturated carbocycles. The van der Waals surface area contributed by atoms with Crippen LogP contribution in [0.2, 0.25) is 0 Å². The van der Waals surface area contributed by atoms with Crippen LogP contribution in [0.15, 0.2) is 59.2 Å². The maximum Gasteiger partial charge on any atom is 0.134 e. The van der Waals surface area contributed by atoms with Crippen LogP contribution in [0.4, 0.5) is 0 Å². The summed E-state index contributed by atoms with van der Waals surface area (Å²) in [5, 5.41) is 1.12. The molecular weight excluding hydrogens is 246 g/mol. The van der Waals surface area contributed by atoms with E-state index in [1.54, 1.807) is 6.26 Å². The second kappa shape index (κ2) is 5.51. The predicted molar refractivity (Wildman–Crippen MR) is 82.7 cm³/mol. The van der Waals surface area contributed by atoms with Gasteiger partial charge < -0.3 is 10.2 Å². The first kappa shape index (κ1) is 12.9. The van der Waals surface area contributed by atoms with E-state index in [9.17, 15) is 0 Å². The Morgan fingerprint density at radius 1 is 1.00 bits per heavy atom. The lowest BCUT2D eigenvalue weighted by atomic mass is 9.98. The lowest BCUT2D eigenvalue weighted by Crippen LogP contribution is -2.12. The SMILES string of the molecule is CCc1ccc(CC(N)c2coc3ccccc23)cc1. The fourth-order valence-corrected chi connectivity index (χ4v) is 2.56. The number of nitrogens with two attached hydrogens (primary N) is 1. The highest BCUT2D eigenvalue weighted by atomic mass is 16.3. The van der Waals surface area contributed by atoms with E-state index in [4.69, 9.17) is 10.2 Å². The van der Waals surface area contributed by atoms with Gasteiger partial charge in [0, 0.05) is 17.0 Å². The third-order valence-electron chi connectivity index (χ3n) is 3.80. The minimum atomic E-state index is -0.0360. The topological polar surface area (TPSA) is 39.2 Å². The molecule has 2 heteroatoms. The first-order chi connectivity index (χ1) is 9.78. The van der Waals surface area contributed by atoms with Crippen molar-refractivity contribution in [3.8, 4) is 0 Å². The van der Waals surface area contributed by atoms with E-state index in [1.165, 1.54) is 11.1 Å². The van der Waals surface area contributed by atoms with Crippen LogP contribution in [-0.4, -0.2) is 0 Å². The summed E-state index contributed by atoms with van der Waals surface area (Å²) in [6.07, 6.45) is 3.68. The minimum absolute atomic E-state index is 0.0360. The van der Waals surface area contributed by atoms with E-state index in [-0.39, 0.29) is 6.04 Å². The molecule has 0 aliphatic carbocycles. The molecule has 1 heterocycles. The third-order valence-corrected chi connectivity index (χ3v) is 3.80. The van der Waals surface area contributed by atoms with Crippen LogP contribution in [0.1, 0.15) is 29.7 Å². The van der Waals surface area contributed by atoms with Crippen LogP contribution >= 0.6 is 0 Å². The standard InChI is InChI=1S/C18H19NO/c1-2-13-7-9-14(10-8-13)11-17(19)16-12-20-18-6-4-3-5-15(16)18/h3-10,12,17H,2,11,19H2,1H3. The zero-order valence-electron chi connectivity index (χ0n) is 11.7. The molecule has 3 rings (SSSR count). The van der Waals surface area contributed by atoms with E-state index in [2.05, 4.69) is 37.3 Å². The molecule has 1 unspecified atom stereocenters. The van der Waals surface area contributed by atoms with Crippen molar-refractivity contribution in [1.29, 1.82) is 0 Å². The Hall–Kier alpha value is -2.06. The summed E-state index contributed by atoms with van der Waals surface area (Å²) in [7, 11) is 0. The van der Waals surface area contributed by atoms with Gasteiger partial charge in [0.05, 0.1) is 6.26 Å². The van der Waals surface area contributed by atoms with Crippen LogP contribution < -0.4 is 5.73 Å². The van der Waals surface area contributed by atoms with Gasteiger partial charge in [-0.15, -0.1) is 0 Å². The molecule has 0 spiro atoms. The molecule has 0 saturated heterocycles. The van der Waals surface area contributed by atoms with Crippen LogP contribution in [0, 0.1) is 0 Å². The van der Waals surface area contributed by atoms with Gasteiger partial charge in [-0.2, -0.15) is 0 Å². The highest BCUT2D eigenvalue weighted by molar-refractivity contribution is 5.81. The summed E-state index contributed by atoms with van der Waals surface area (Å²) in [4.78, 5) is 0. The van der Waals surface area contributed by atoms with Crippen molar-refractivity contribution in [1.82, 2.24) is 0 Å². The summed E-state index contributed by atoms with van der Waals surface area (Å²) in [6.45, 7) is 2.17. The molecule has 2 N–H and O–H groups in total. The van der Waals surface area contributed by atoms with Gasteiger partial charge in [-0.05, 0) is 30.0 Å². The molecule has 20 heavy (non-hydrogen) atoms. The number of benzene rings is 2. The molecule has 0 aliphatic heterocycles. The van der Waals surface area contributed by atoms with Crippen molar-refractivity contribution < 1.29 is 4.42 Å². The van der Waals surface area contributed by atoms with Crippen molar-refractivity contribution >= 4 is 11.0 Å². The molecule has 0 amide bonds. The normalized spacial score (nSPS) is 12.7. The average molecular weight is 265 g/mol. The Kier molecular flexibility index (Phi) is 3.57. The second-order valence-corrected chi connectivity index (χ2v) is 5.17. The Balaban J connectivity index is 1.83. The van der Waals surface area contributed by atoms with Crippen molar-refractivity contribution in [3.63, 3.8) is 0 Å². The van der Waals surface area contributed by atoms with Gasteiger partial charge in [-0.3, -0.25) is 0 Å². The van der Waals surface area contributed by atoms with Crippen LogP contribution in [0.25, 0.3) is 11.0 Å². The summed E-state index contributed by atoms with van der Waals surface area (Å²) in [5.41, 5.74) is 11.0. The molecule has 102 valence electrons. The van der Waals surface area contributed by atoms with Gasteiger partial charge in [-0.25, -0.2) is 0 Å². The molecule has 0 fully saturated rings. The molecule has 0 aliphatic rings. The first-order valence-electron chi connectivity index (χ1n) is 7.07. The van der Waals surface area contributed by atoms with Gasteiger partial charge in [0.25, 0.3) is 0 Å². The van der Waals surface area contributed by atoms with Crippen LogP contribution in [0.3, 0.4) is 0 Å². The first-order valence-corrected chi connectivity index (χ1v) is 7.07. The molecule has 2 aromatic carbocycles. The monoisotopic (exact) mass is 265 g/mol. The third kappa shape index (κ3) is 2.47. The van der Waals surface area contributed by atoms with E-state index >= 15 is 0 Å². The highest BCUT2D eigenvalue weighted by Gasteiger charge is 2.13. The molecular formula is C18H19NO. The Morgan fingerprint density at radius 3 is 2.45 bits per heavy atom. The Morgan fingerprint density at radius 2 is 1.70 bits per heavy atom. The van der Waals surface area contributed by atoms with Crippen molar-refractivity contribution in [3.05, 3.63) is 71.5 Å². The van der Waals surface area contributed by atoms with Gasteiger partial charge in [0.2, 0.25) is 0 Å². The van der Waals surface area contributed by atoms with E-state index in [0.29, 0.717) is 0 Å². The maximum atomic E-state index is 6.35. The molecule has 3 aromatic rings. The smallest absolute Gasteiger partial charge is 0.134 e. The maximum absolute atomic E-state index is 6.35. The Labute approximate surface area is 119 Å². The summed E-state index contributed by atoms with van der Waals surface area (Å²) in [6, 6.07) is 16.7. The fourth-order valence-electron chi connectivity index (χ4n) is 2.56.